The summed E-state index contributed by atoms with van der Waals surface area (Å²) in [4.78, 5) is 10.9. The van der Waals surface area contributed by atoms with Gasteiger partial charge in [-0.2, -0.15) is 10.1 Å². The lowest BCUT2D eigenvalue weighted by Crippen LogP contribution is -2.58. The first kappa shape index (κ1) is 18.3. The van der Waals surface area contributed by atoms with Crippen molar-refractivity contribution in [3.63, 3.8) is 0 Å². The molecule has 2 aromatic rings. The van der Waals surface area contributed by atoms with Crippen molar-refractivity contribution in [1.29, 1.82) is 0 Å². The second kappa shape index (κ2) is 7.53. The molecule has 1 aromatic heterocycles. The Labute approximate surface area is 164 Å². The Kier molecular flexibility index (Phi) is 4.93. The molecule has 0 unspecified atom stereocenters. The van der Waals surface area contributed by atoms with Crippen LogP contribution in [0.2, 0.25) is 0 Å². The van der Waals surface area contributed by atoms with E-state index in [1.54, 1.807) is 0 Å². The molecule has 28 heavy (non-hydrogen) atoms. The molecule has 0 saturated heterocycles. The van der Waals surface area contributed by atoms with E-state index in [2.05, 4.69) is 10.1 Å². The van der Waals surface area contributed by atoms with Crippen molar-refractivity contribution in [1.82, 2.24) is 9.78 Å². The Morgan fingerprint density at radius 2 is 1.82 bits per heavy atom. The molecule has 4 rings (SSSR count). The maximum absolute atomic E-state index is 6.27. The molecule has 0 bridgehead atoms. The summed E-state index contributed by atoms with van der Waals surface area (Å²) in [5.41, 5.74) is 13.7. The molecule has 4 N–H and O–H groups in total. The fraction of sp³-hybridized carbons (Fsp3) is 0.450. The Hall–Kier alpha value is -3.03. The van der Waals surface area contributed by atoms with Crippen LogP contribution in [0.4, 0.5) is 5.69 Å². The zero-order chi connectivity index (χ0) is 19.6. The molecule has 1 saturated carbocycles. The maximum Gasteiger partial charge on any atom is 0.220 e. The normalized spacial score (nSPS) is 18.7. The summed E-state index contributed by atoms with van der Waals surface area (Å²) in [5, 5.41) is 4.36. The van der Waals surface area contributed by atoms with E-state index in [9.17, 15) is 0 Å². The fourth-order valence-electron chi connectivity index (χ4n) is 4.03. The average Bonchev–Trinajstić information content (AvgIpc) is 3.08. The van der Waals surface area contributed by atoms with E-state index in [-0.39, 0.29) is 5.96 Å². The van der Waals surface area contributed by atoms with Crippen LogP contribution in [0.1, 0.15) is 37.8 Å². The summed E-state index contributed by atoms with van der Waals surface area (Å²) in [6, 6.07) is 9.90. The lowest BCUT2D eigenvalue weighted by molar-refractivity contribution is 0.290. The summed E-state index contributed by atoms with van der Waals surface area (Å²) in [6.07, 6.45) is 7.22. The van der Waals surface area contributed by atoms with Gasteiger partial charge in [-0.25, -0.2) is 4.99 Å². The van der Waals surface area contributed by atoms with Crippen molar-refractivity contribution in [3.05, 3.63) is 42.2 Å². The molecule has 0 radical (unpaired) electrons. The monoisotopic (exact) mass is 381 g/mol. The van der Waals surface area contributed by atoms with Crippen LogP contribution in [-0.2, 0) is 6.54 Å². The molecule has 8 heteroatoms. The van der Waals surface area contributed by atoms with Gasteiger partial charge in [0.25, 0.3) is 0 Å². The largest absolute Gasteiger partial charge is 0.492 e. The van der Waals surface area contributed by atoms with Crippen LogP contribution in [-0.4, -0.2) is 34.0 Å². The Bertz CT molecular complexity index is 878. The van der Waals surface area contributed by atoms with Crippen LogP contribution < -0.4 is 21.1 Å². The Morgan fingerprint density at radius 1 is 1.07 bits per heavy atom. The van der Waals surface area contributed by atoms with Crippen LogP contribution in [0.15, 0.2) is 46.5 Å². The van der Waals surface area contributed by atoms with Gasteiger partial charge in [-0.3, -0.25) is 9.58 Å². The van der Waals surface area contributed by atoms with Gasteiger partial charge in [0.15, 0.2) is 0 Å². The topological polar surface area (TPSA) is 107 Å². The molecule has 148 valence electrons. The molecule has 0 atom stereocenters. The van der Waals surface area contributed by atoms with E-state index in [4.69, 9.17) is 21.2 Å². The van der Waals surface area contributed by atoms with Crippen molar-refractivity contribution in [2.75, 3.05) is 11.5 Å². The second-order valence-electron chi connectivity index (χ2n) is 7.38. The molecule has 2 heterocycles. The van der Waals surface area contributed by atoms with Crippen molar-refractivity contribution in [2.45, 2.75) is 51.2 Å². The number of aromatic nitrogens is 2. The fourth-order valence-corrected chi connectivity index (χ4v) is 4.03. The zero-order valence-corrected chi connectivity index (χ0v) is 16.2. The third kappa shape index (κ3) is 3.67. The molecule has 1 aliphatic carbocycles. The molecular formula is C20H27N7O. The molecule has 1 aliphatic heterocycles. The van der Waals surface area contributed by atoms with Crippen LogP contribution >= 0.6 is 0 Å². The third-order valence-corrected chi connectivity index (χ3v) is 5.31. The van der Waals surface area contributed by atoms with Gasteiger partial charge in [-0.05, 0) is 62.9 Å². The standard InChI is InChI=1S/C20H27N7O/c1-15-9-12-26(25-15)13-14-28-17-7-5-16(6-8-17)27-19(22)23-18(21)24-20(27)10-3-2-4-11-20/h5-9,12H,2-4,10-11,13-14H2,1H3,(H4,21,22,23,24). The number of hydrogen-bond donors (Lipinski definition) is 2. The van der Waals surface area contributed by atoms with Crippen LogP contribution in [0.25, 0.3) is 0 Å². The molecule has 1 fully saturated rings. The van der Waals surface area contributed by atoms with Crippen LogP contribution in [0.5, 0.6) is 5.75 Å². The quantitative estimate of drug-likeness (QED) is 0.827. The number of nitrogens with two attached hydrogens (primary N) is 2. The van der Waals surface area contributed by atoms with Gasteiger partial charge in [-0.1, -0.05) is 6.42 Å². The highest BCUT2D eigenvalue weighted by Gasteiger charge is 2.42. The number of ether oxygens (including phenoxy) is 1. The van der Waals surface area contributed by atoms with Gasteiger partial charge in [0.1, 0.15) is 18.0 Å². The van der Waals surface area contributed by atoms with E-state index in [0.717, 1.165) is 42.8 Å². The Morgan fingerprint density at radius 3 is 2.50 bits per heavy atom. The van der Waals surface area contributed by atoms with Gasteiger partial charge in [-0.15, -0.1) is 0 Å². The summed E-state index contributed by atoms with van der Waals surface area (Å²) in [5.74, 6) is 1.47. The highest BCUT2D eigenvalue weighted by molar-refractivity contribution is 6.05. The van der Waals surface area contributed by atoms with Gasteiger partial charge >= 0.3 is 0 Å². The number of anilines is 1. The van der Waals surface area contributed by atoms with Crippen molar-refractivity contribution < 1.29 is 4.74 Å². The molecule has 2 aliphatic rings. The van der Waals surface area contributed by atoms with Gasteiger partial charge < -0.3 is 16.2 Å². The van der Waals surface area contributed by atoms with E-state index in [0.29, 0.717) is 19.1 Å². The van der Waals surface area contributed by atoms with Crippen LogP contribution in [0, 0.1) is 6.92 Å². The van der Waals surface area contributed by atoms with Gasteiger partial charge in [0.05, 0.1) is 12.2 Å². The predicted octanol–water partition coefficient (Wildman–Crippen LogP) is 2.38. The first-order chi connectivity index (χ1) is 13.6. The average molecular weight is 381 g/mol. The number of guanidine groups is 2. The minimum absolute atomic E-state index is 0.268. The molecule has 0 amide bonds. The smallest absolute Gasteiger partial charge is 0.220 e. The first-order valence-electron chi connectivity index (χ1n) is 9.78. The molecular weight excluding hydrogens is 354 g/mol. The maximum atomic E-state index is 6.27. The number of aliphatic imine (C=N–C) groups is 2. The van der Waals surface area contributed by atoms with Crippen molar-refractivity contribution >= 4 is 17.6 Å². The lowest BCUT2D eigenvalue weighted by atomic mass is 9.87. The third-order valence-electron chi connectivity index (χ3n) is 5.31. The molecule has 1 aromatic carbocycles. The minimum Gasteiger partial charge on any atom is -0.492 e. The first-order valence-corrected chi connectivity index (χ1v) is 9.78. The van der Waals surface area contributed by atoms with E-state index in [1.165, 1.54) is 6.42 Å². The van der Waals surface area contributed by atoms with E-state index >= 15 is 0 Å². The minimum atomic E-state index is -0.422. The number of aryl methyl sites for hydroxylation is 1. The van der Waals surface area contributed by atoms with Crippen molar-refractivity contribution in [2.24, 2.45) is 21.5 Å². The van der Waals surface area contributed by atoms with Gasteiger partial charge in [0.2, 0.25) is 11.9 Å². The second-order valence-corrected chi connectivity index (χ2v) is 7.38. The number of rotatable bonds is 5. The van der Waals surface area contributed by atoms with E-state index in [1.807, 2.05) is 53.0 Å². The highest BCUT2D eigenvalue weighted by Crippen LogP contribution is 2.39. The number of benzene rings is 1. The Balaban J connectivity index is 1.46. The number of nitrogens with zero attached hydrogens (tertiary/aromatic N) is 5. The SMILES string of the molecule is Cc1ccn(CCOc2ccc(N3C(N)=NC(N)=NC34CCCCC4)cc2)n1. The summed E-state index contributed by atoms with van der Waals surface area (Å²) in [7, 11) is 0. The lowest BCUT2D eigenvalue weighted by Gasteiger charge is -2.45. The van der Waals surface area contributed by atoms with Gasteiger partial charge in [0, 0.05) is 11.9 Å². The zero-order valence-electron chi connectivity index (χ0n) is 16.2. The summed E-state index contributed by atoms with van der Waals surface area (Å²) >= 11 is 0. The number of hydrogen-bond acceptors (Lipinski definition) is 7. The molecule has 8 nitrogen and oxygen atoms in total. The van der Waals surface area contributed by atoms with Crippen LogP contribution in [0.3, 0.4) is 0 Å². The molecule has 1 spiro atoms. The summed E-state index contributed by atoms with van der Waals surface area (Å²) < 4.78 is 7.73. The van der Waals surface area contributed by atoms with E-state index < -0.39 is 5.66 Å². The predicted molar refractivity (Wildman–Crippen MR) is 110 cm³/mol. The van der Waals surface area contributed by atoms with Crippen molar-refractivity contribution in [3.8, 4) is 5.75 Å². The summed E-state index contributed by atoms with van der Waals surface area (Å²) in [6.45, 7) is 3.24. The highest BCUT2D eigenvalue weighted by atomic mass is 16.5.